The van der Waals surface area contributed by atoms with Crippen LogP contribution in [-0.2, 0) is 6.54 Å². The van der Waals surface area contributed by atoms with Crippen LogP contribution in [0.5, 0.6) is 11.5 Å². The summed E-state index contributed by atoms with van der Waals surface area (Å²) < 4.78 is 5.69. The van der Waals surface area contributed by atoms with Crippen molar-refractivity contribution in [2.45, 2.75) is 13.5 Å². The molecule has 2 heteroatoms. The normalized spacial score (nSPS) is 10.1. The van der Waals surface area contributed by atoms with Crippen LogP contribution in [0.25, 0.3) is 0 Å². The molecular formula is C14H15NO. The average molecular weight is 213 g/mol. The zero-order chi connectivity index (χ0) is 11.4. The second-order valence-electron chi connectivity index (χ2n) is 3.76. The van der Waals surface area contributed by atoms with E-state index in [9.17, 15) is 0 Å². The van der Waals surface area contributed by atoms with Crippen LogP contribution in [0.1, 0.15) is 11.1 Å². The highest BCUT2D eigenvalue weighted by Gasteiger charge is 1.96. The van der Waals surface area contributed by atoms with Crippen molar-refractivity contribution in [2.24, 2.45) is 5.73 Å². The van der Waals surface area contributed by atoms with Crippen LogP contribution in [0.15, 0.2) is 48.5 Å². The molecule has 0 saturated heterocycles. The number of rotatable bonds is 3. The van der Waals surface area contributed by atoms with E-state index in [4.69, 9.17) is 10.5 Å². The number of hydrogen-bond donors (Lipinski definition) is 1. The molecule has 0 aliphatic heterocycles. The van der Waals surface area contributed by atoms with Crippen molar-refractivity contribution in [3.05, 3.63) is 59.7 Å². The van der Waals surface area contributed by atoms with E-state index in [1.165, 1.54) is 5.56 Å². The first-order valence-electron chi connectivity index (χ1n) is 5.31. The summed E-state index contributed by atoms with van der Waals surface area (Å²) in [5, 5.41) is 0. The predicted octanol–water partition coefficient (Wildman–Crippen LogP) is 3.25. The van der Waals surface area contributed by atoms with Gasteiger partial charge in [-0.05, 0) is 36.8 Å². The molecule has 0 heterocycles. The topological polar surface area (TPSA) is 35.2 Å². The molecule has 2 rings (SSSR count). The van der Waals surface area contributed by atoms with Gasteiger partial charge in [0.05, 0.1) is 0 Å². The summed E-state index contributed by atoms with van der Waals surface area (Å²) in [4.78, 5) is 0. The van der Waals surface area contributed by atoms with Crippen molar-refractivity contribution in [1.29, 1.82) is 0 Å². The smallest absolute Gasteiger partial charge is 0.127 e. The van der Waals surface area contributed by atoms with Gasteiger partial charge in [0.2, 0.25) is 0 Å². The highest BCUT2D eigenvalue weighted by atomic mass is 16.5. The van der Waals surface area contributed by atoms with E-state index in [0.29, 0.717) is 6.54 Å². The quantitative estimate of drug-likeness (QED) is 0.849. The van der Waals surface area contributed by atoms with E-state index >= 15 is 0 Å². The Labute approximate surface area is 95.7 Å². The van der Waals surface area contributed by atoms with Gasteiger partial charge in [0.15, 0.2) is 0 Å². The van der Waals surface area contributed by atoms with Gasteiger partial charge in [0.1, 0.15) is 11.5 Å². The van der Waals surface area contributed by atoms with E-state index in [-0.39, 0.29) is 0 Å². The maximum absolute atomic E-state index is 5.69. The molecule has 0 atom stereocenters. The van der Waals surface area contributed by atoms with Crippen molar-refractivity contribution < 1.29 is 4.74 Å². The monoisotopic (exact) mass is 213 g/mol. The van der Waals surface area contributed by atoms with Crippen LogP contribution in [0.2, 0.25) is 0 Å². The Kier molecular flexibility index (Phi) is 3.22. The van der Waals surface area contributed by atoms with Gasteiger partial charge in [-0.15, -0.1) is 0 Å². The number of aryl methyl sites for hydroxylation is 1. The molecule has 2 aromatic carbocycles. The van der Waals surface area contributed by atoms with Crippen LogP contribution in [0, 0.1) is 6.92 Å². The standard InChI is InChI=1S/C14H15NO/c1-11-2-6-13(7-3-11)16-14-8-4-12(10-15)5-9-14/h2-9H,10,15H2,1H3. The molecule has 0 radical (unpaired) electrons. The lowest BCUT2D eigenvalue weighted by Gasteiger charge is -2.06. The molecule has 2 N–H and O–H groups in total. The number of nitrogens with two attached hydrogens (primary N) is 1. The summed E-state index contributed by atoms with van der Waals surface area (Å²) in [5.74, 6) is 1.69. The van der Waals surface area contributed by atoms with Gasteiger partial charge in [0, 0.05) is 6.54 Å². The highest BCUT2D eigenvalue weighted by molar-refractivity contribution is 5.34. The molecule has 0 aliphatic rings. The lowest BCUT2D eigenvalue weighted by molar-refractivity contribution is 0.482. The third-order valence-corrected chi connectivity index (χ3v) is 2.42. The second kappa shape index (κ2) is 4.81. The summed E-state index contributed by atoms with van der Waals surface area (Å²) in [6.45, 7) is 2.62. The molecule has 2 aromatic rings. The Balaban J connectivity index is 2.11. The Morgan fingerprint density at radius 3 is 1.88 bits per heavy atom. The minimum absolute atomic E-state index is 0.560. The zero-order valence-electron chi connectivity index (χ0n) is 9.31. The molecule has 2 nitrogen and oxygen atoms in total. The summed E-state index contributed by atoms with van der Waals surface area (Å²) in [5.41, 5.74) is 7.86. The number of benzene rings is 2. The lowest BCUT2D eigenvalue weighted by Crippen LogP contribution is -1.95. The van der Waals surface area contributed by atoms with Gasteiger partial charge in [-0.1, -0.05) is 29.8 Å². The van der Waals surface area contributed by atoms with Crippen molar-refractivity contribution in [1.82, 2.24) is 0 Å². The van der Waals surface area contributed by atoms with Gasteiger partial charge >= 0.3 is 0 Å². The highest BCUT2D eigenvalue weighted by Crippen LogP contribution is 2.21. The fraction of sp³-hybridized carbons (Fsp3) is 0.143. The number of ether oxygens (including phenoxy) is 1. The molecule has 82 valence electrons. The SMILES string of the molecule is Cc1ccc(Oc2ccc(CN)cc2)cc1. The molecule has 0 bridgehead atoms. The Hall–Kier alpha value is -1.80. The minimum Gasteiger partial charge on any atom is -0.457 e. The zero-order valence-corrected chi connectivity index (χ0v) is 9.31. The molecule has 0 unspecified atom stereocenters. The van der Waals surface area contributed by atoms with Crippen molar-refractivity contribution >= 4 is 0 Å². The van der Waals surface area contributed by atoms with Crippen molar-refractivity contribution in [3.63, 3.8) is 0 Å². The third kappa shape index (κ3) is 2.61. The minimum atomic E-state index is 0.560. The Morgan fingerprint density at radius 1 is 0.875 bits per heavy atom. The van der Waals surface area contributed by atoms with Crippen LogP contribution in [0.3, 0.4) is 0 Å². The molecule has 16 heavy (non-hydrogen) atoms. The van der Waals surface area contributed by atoms with Gasteiger partial charge in [0.25, 0.3) is 0 Å². The summed E-state index contributed by atoms with van der Waals surface area (Å²) in [7, 11) is 0. The van der Waals surface area contributed by atoms with Crippen LogP contribution >= 0.6 is 0 Å². The third-order valence-electron chi connectivity index (χ3n) is 2.42. The van der Waals surface area contributed by atoms with Crippen molar-refractivity contribution in [3.8, 4) is 11.5 Å². The molecule has 0 spiro atoms. The molecular weight excluding hydrogens is 198 g/mol. The van der Waals surface area contributed by atoms with E-state index < -0.39 is 0 Å². The van der Waals surface area contributed by atoms with Crippen LogP contribution in [-0.4, -0.2) is 0 Å². The molecule has 0 aromatic heterocycles. The fourth-order valence-electron chi connectivity index (χ4n) is 1.44. The van der Waals surface area contributed by atoms with Crippen molar-refractivity contribution in [2.75, 3.05) is 0 Å². The predicted molar refractivity (Wildman–Crippen MR) is 65.6 cm³/mol. The van der Waals surface area contributed by atoms with E-state index in [1.54, 1.807) is 0 Å². The van der Waals surface area contributed by atoms with E-state index in [0.717, 1.165) is 17.1 Å². The average Bonchev–Trinajstić information content (AvgIpc) is 2.33. The maximum atomic E-state index is 5.69. The first-order valence-corrected chi connectivity index (χ1v) is 5.31. The Morgan fingerprint density at radius 2 is 1.38 bits per heavy atom. The molecule has 0 amide bonds. The number of hydrogen-bond acceptors (Lipinski definition) is 2. The van der Waals surface area contributed by atoms with Gasteiger partial charge in [-0.3, -0.25) is 0 Å². The summed E-state index contributed by atoms with van der Waals surface area (Å²) in [6, 6.07) is 15.8. The van der Waals surface area contributed by atoms with Gasteiger partial charge in [-0.2, -0.15) is 0 Å². The van der Waals surface area contributed by atoms with E-state index in [2.05, 4.69) is 6.92 Å². The molecule has 0 fully saturated rings. The first kappa shape index (κ1) is 10.7. The van der Waals surface area contributed by atoms with Gasteiger partial charge in [-0.25, -0.2) is 0 Å². The summed E-state index contributed by atoms with van der Waals surface area (Å²) >= 11 is 0. The van der Waals surface area contributed by atoms with E-state index in [1.807, 2.05) is 48.5 Å². The second-order valence-corrected chi connectivity index (χ2v) is 3.76. The van der Waals surface area contributed by atoms with Crippen LogP contribution in [0.4, 0.5) is 0 Å². The lowest BCUT2D eigenvalue weighted by atomic mass is 10.2. The first-order chi connectivity index (χ1) is 7.78. The maximum Gasteiger partial charge on any atom is 0.127 e. The van der Waals surface area contributed by atoms with Gasteiger partial charge < -0.3 is 10.5 Å². The largest absolute Gasteiger partial charge is 0.457 e. The summed E-state index contributed by atoms with van der Waals surface area (Å²) in [6.07, 6.45) is 0. The molecule has 0 aliphatic carbocycles. The Bertz CT molecular complexity index is 445. The van der Waals surface area contributed by atoms with Crippen LogP contribution < -0.4 is 10.5 Å². The molecule has 0 saturated carbocycles. The fourth-order valence-corrected chi connectivity index (χ4v) is 1.44.